The van der Waals surface area contributed by atoms with E-state index in [9.17, 15) is 0 Å². The van der Waals surface area contributed by atoms with Gasteiger partial charge in [0.15, 0.2) is 0 Å². The van der Waals surface area contributed by atoms with Gasteiger partial charge in [0.25, 0.3) is 0 Å². The van der Waals surface area contributed by atoms with Gasteiger partial charge in [0.05, 0.1) is 11.7 Å². The van der Waals surface area contributed by atoms with Gasteiger partial charge in [-0.25, -0.2) is 10.8 Å². The zero-order valence-electron chi connectivity index (χ0n) is 8.50. The lowest BCUT2D eigenvalue weighted by Gasteiger charge is -2.10. The second-order valence-corrected chi connectivity index (χ2v) is 5.20. The minimum Gasteiger partial charge on any atom is -0.324 e. The summed E-state index contributed by atoms with van der Waals surface area (Å²) in [5.74, 6) is 6.00. The largest absolute Gasteiger partial charge is 0.324 e. The van der Waals surface area contributed by atoms with Gasteiger partial charge in [0, 0.05) is 8.59 Å². The summed E-state index contributed by atoms with van der Waals surface area (Å²) in [5.41, 5.74) is 3.51. The predicted octanol–water partition coefficient (Wildman–Crippen LogP) is 2.34. The molecule has 2 rings (SSSR count). The monoisotopic (exact) mass is 350 g/mol. The number of rotatable bonds is 2. The lowest BCUT2D eigenvalue weighted by molar-refractivity contribution is 0.966. The summed E-state index contributed by atoms with van der Waals surface area (Å²) in [6.07, 6.45) is 2.29. The summed E-state index contributed by atoms with van der Waals surface area (Å²) < 4.78 is 1.03. The van der Waals surface area contributed by atoms with Crippen molar-refractivity contribution in [2.24, 2.45) is 10.8 Å². The highest BCUT2D eigenvalue weighted by molar-refractivity contribution is 14.1. The van der Waals surface area contributed by atoms with Gasteiger partial charge in [0.1, 0.15) is 0 Å². The van der Waals surface area contributed by atoms with E-state index >= 15 is 0 Å². The third kappa shape index (κ3) is 3.23. The molecule has 0 bridgehead atoms. The molecule has 0 aromatic heterocycles. The van der Waals surface area contributed by atoms with Gasteiger partial charge in [-0.05, 0) is 53.6 Å². The minimum absolute atomic E-state index is 0.420. The molecule has 0 saturated heterocycles. The molecule has 16 heavy (non-hydrogen) atoms. The summed E-state index contributed by atoms with van der Waals surface area (Å²) in [6, 6.07) is 6.04. The van der Waals surface area contributed by atoms with Crippen LogP contribution < -0.4 is 16.6 Å². The SMILES string of the molecule is NNC(=NC1CC1)Nc1ccc(Cl)cc1I. The van der Waals surface area contributed by atoms with Crippen molar-refractivity contribution < 1.29 is 0 Å². The van der Waals surface area contributed by atoms with Gasteiger partial charge in [-0.3, -0.25) is 5.43 Å². The Balaban J connectivity index is 2.12. The topological polar surface area (TPSA) is 62.4 Å². The van der Waals surface area contributed by atoms with Crippen LogP contribution in [0.2, 0.25) is 5.02 Å². The summed E-state index contributed by atoms with van der Waals surface area (Å²) >= 11 is 8.09. The Hall–Kier alpha value is -0.530. The van der Waals surface area contributed by atoms with Crippen molar-refractivity contribution in [1.82, 2.24) is 5.43 Å². The molecule has 0 heterocycles. The number of anilines is 1. The Labute approximate surface area is 113 Å². The number of hydrazine groups is 1. The Morgan fingerprint density at radius 3 is 2.81 bits per heavy atom. The van der Waals surface area contributed by atoms with Crippen LogP contribution in [0, 0.1) is 3.57 Å². The van der Waals surface area contributed by atoms with E-state index in [0.717, 1.165) is 27.1 Å². The molecule has 0 atom stereocenters. The molecule has 0 amide bonds. The average Bonchev–Trinajstić information content (AvgIpc) is 3.04. The van der Waals surface area contributed by atoms with E-state index in [1.807, 2.05) is 18.2 Å². The van der Waals surface area contributed by atoms with Crippen LogP contribution in [0.4, 0.5) is 5.69 Å². The molecule has 86 valence electrons. The van der Waals surface area contributed by atoms with E-state index in [4.69, 9.17) is 17.4 Å². The lowest BCUT2D eigenvalue weighted by Crippen LogP contribution is -2.36. The van der Waals surface area contributed by atoms with Crippen LogP contribution in [-0.2, 0) is 0 Å². The van der Waals surface area contributed by atoms with Crippen molar-refractivity contribution in [3.05, 3.63) is 26.8 Å². The maximum Gasteiger partial charge on any atom is 0.210 e. The number of aliphatic imine (C=N–C) groups is 1. The van der Waals surface area contributed by atoms with Crippen molar-refractivity contribution >= 4 is 45.8 Å². The molecule has 1 aliphatic carbocycles. The van der Waals surface area contributed by atoms with Crippen molar-refractivity contribution in [2.45, 2.75) is 18.9 Å². The van der Waals surface area contributed by atoms with Crippen LogP contribution in [0.15, 0.2) is 23.2 Å². The Morgan fingerprint density at radius 2 is 2.25 bits per heavy atom. The molecule has 1 fully saturated rings. The normalized spacial score (nSPS) is 16.1. The number of hydrogen-bond acceptors (Lipinski definition) is 2. The fourth-order valence-electron chi connectivity index (χ4n) is 1.21. The molecule has 4 N–H and O–H groups in total. The van der Waals surface area contributed by atoms with Crippen molar-refractivity contribution in [2.75, 3.05) is 5.32 Å². The van der Waals surface area contributed by atoms with Crippen LogP contribution in [0.25, 0.3) is 0 Å². The molecule has 0 unspecified atom stereocenters. The molecular weight excluding hydrogens is 338 g/mol. The second kappa shape index (κ2) is 5.20. The van der Waals surface area contributed by atoms with Crippen molar-refractivity contribution in [3.63, 3.8) is 0 Å². The van der Waals surface area contributed by atoms with E-state index in [-0.39, 0.29) is 0 Å². The molecule has 1 aliphatic rings. The number of nitrogens with one attached hydrogen (secondary N) is 2. The average molecular weight is 351 g/mol. The zero-order chi connectivity index (χ0) is 11.5. The fourth-order valence-corrected chi connectivity index (χ4v) is 2.22. The number of halogens is 2. The van der Waals surface area contributed by atoms with Crippen molar-refractivity contribution in [3.8, 4) is 0 Å². The molecule has 4 nitrogen and oxygen atoms in total. The summed E-state index contributed by atoms with van der Waals surface area (Å²) in [7, 11) is 0. The highest BCUT2D eigenvalue weighted by Gasteiger charge is 2.21. The summed E-state index contributed by atoms with van der Waals surface area (Å²) in [4.78, 5) is 4.40. The number of guanidine groups is 1. The first-order valence-corrected chi connectivity index (χ1v) is 6.41. The van der Waals surface area contributed by atoms with Crippen molar-refractivity contribution in [1.29, 1.82) is 0 Å². The first-order valence-electron chi connectivity index (χ1n) is 4.95. The number of hydrogen-bond donors (Lipinski definition) is 3. The number of nitrogens with two attached hydrogens (primary N) is 1. The molecule has 6 heteroatoms. The highest BCUT2D eigenvalue weighted by Crippen LogP contribution is 2.25. The number of nitrogens with zero attached hydrogens (tertiary/aromatic N) is 1. The quantitative estimate of drug-likeness (QED) is 0.252. The smallest absolute Gasteiger partial charge is 0.210 e. The van der Waals surface area contributed by atoms with Gasteiger partial charge >= 0.3 is 0 Å². The van der Waals surface area contributed by atoms with Crippen LogP contribution in [0.5, 0.6) is 0 Å². The first kappa shape index (κ1) is 11.9. The van der Waals surface area contributed by atoms with Crippen LogP contribution in [-0.4, -0.2) is 12.0 Å². The fraction of sp³-hybridized carbons (Fsp3) is 0.300. The standard InChI is InChI=1S/C10H12ClIN4/c11-6-1-4-9(8(12)5-6)15-10(16-13)14-7-2-3-7/h1,4-5,7H,2-3,13H2,(H2,14,15,16). The van der Waals surface area contributed by atoms with Gasteiger partial charge in [-0.1, -0.05) is 11.6 Å². The van der Waals surface area contributed by atoms with E-state index < -0.39 is 0 Å². The second-order valence-electron chi connectivity index (χ2n) is 3.60. The third-order valence-electron chi connectivity index (χ3n) is 2.18. The maximum absolute atomic E-state index is 5.88. The molecule has 1 aromatic carbocycles. The van der Waals surface area contributed by atoms with E-state index in [2.05, 4.69) is 38.3 Å². The van der Waals surface area contributed by atoms with Crippen LogP contribution in [0.3, 0.4) is 0 Å². The zero-order valence-corrected chi connectivity index (χ0v) is 11.4. The molecule has 1 aromatic rings. The van der Waals surface area contributed by atoms with Gasteiger partial charge < -0.3 is 5.32 Å². The summed E-state index contributed by atoms with van der Waals surface area (Å²) in [5, 5.41) is 3.86. The lowest BCUT2D eigenvalue weighted by atomic mass is 10.3. The Bertz CT molecular complexity index is 417. The molecular formula is C10H12ClIN4. The Kier molecular flexibility index (Phi) is 3.88. The molecule has 0 radical (unpaired) electrons. The predicted molar refractivity (Wildman–Crippen MR) is 75.6 cm³/mol. The van der Waals surface area contributed by atoms with Crippen LogP contribution in [0.1, 0.15) is 12.8 Å². The number of benzene rings is 1. The van der Waals surface area contributed by atoms with E-state index in [1.165, 1.54) is 0 Å². The molecule has 0 aliphatic heterocycles. The van der Waals surface area contributed by atoms with Gasteiger partial charge in [-0.15, -0.1) is 0 Å². The summed E-state index contributed by atoms with van der Waals surface area (Å²) in [6.45, 7) is 0. The van der Waals surface area contributed by atoms with E-state index in [1.54, 1.807) is 0 Å². The first-order chi connectivity index (χ1) is 7.69. The minimum atomic E-state index is 0.420. The molecule has 1 saturated carbocycles. The van der Waals surface area contributed by atoms with E-state index in [0.29, 0.717) is 12.0 Å². The third-order valence-corrected chi connectivity index (χ3v) is 3.31. The van der Waals surface area contributed by atoms with Crippen LogP contribution >= 0.6 is 34.2 Å². The van der Waals surface area contributed by atoms with Gasteiger partial charge in [0.2, 0.25) is 5.96 Å². The maximum atomic E-state index is 5.88. The molecule has 0 spiro atoms. The van der Waals surface area contributed by atoms with Gasteiger partial charge in [-0.2, -0.15) is 0 Å². The highest BCUT2D eigenvalue weighted by atomic mass is 127. The Morgan fingerprint density at radius 1 is 1.50 bits per heavy atom.